The number of ether oxygens (including phenoxy) is 14. The van der Waals surface area contributed by atoms with E-state index in [9.17, 15) is 80.1 Å². The molecule has 6 aliphatic rings. The number of carbonyl (C=O) groups excluding carboxylic acids is 8. The summed E-state index contributed by atoms with van der Waals surface area (Å²) in [5.41, 5.74) is 12.9. The van der Waals surface area contributed by atoms with Crippen molar-refractivity contribution in [1.29, 1.82) is 0 Å². The fourth-order valence-electron chi connectivity index (χ4n) is 13.5. The first kappa shape index (κ1) is 125. The SMILES string of the molecule is C.CC(=O)OCC1O[C@@H](SC2O[C@H](COC(C)=O)C(OC(C)=O)C(N=[N+]=[N-])[C@H]2C)C(OC(C)=O)[C@@H](N=[N+]=[N-])[C@H]1C.CC(=O)OCC1O[C@@H](SC2O[C@H](COC(C)=O)C(OC(C)=O)C(n3c[c-]nn3)[C@H]2C)C(OC(C)=O)[C@@H](n2c[c-]nn2)[C@H]1C.OCC1O[C@@H](SC2O[C@H](CO)C(O)C(n3c[c-]nn3)[C@H]2O)C(O)[C@@H](n2c[c-]nn2)[C@H]1O.S.S=S=S.[Y].[Y].[Y].[Y].[Y].[Y]. The molecule has 0 bridgehead atoms. The second-order valence-electron chi connectivity index (χ2n) is 26.7. The van der Waals surface area contributed by atoms with Crippen LogP contribution in [-0.4, -0.2) is 308 Å². The van der Waals surface area contributed by atoms with Crippen molar-refractivity contribution in [2.45, 2.75) is 245 Å². The van der Waals surface area contributed by atoms with Crippen molar-refractivity contribution in [1.82, 2.24) is 60.0 Å². The zero-order valence-corrected chi connectivity index (χ0v) is 90.9. The van der Waals surface area contributed by atoms with Crippen LogP contribution in [0.1, 0.15) is 115 Å². The zero-order chi connectivity index (χ0) is 85.4. The Hall–Kier alpha value is -0.857. The van der Waals surface area contributed by atoms with Crippen LogP contribution in [0.4, 0.5) is 0 Å². The van der Waals surface area contributed by atoms with E-state index in [0.29, 0.717) is 0 Å². The van der Waals surface area contributed by atoms with Gasteiger partial charge in [-0.15, -0.1) is 45.6 Å². The summed E-state index contributed by atoms with van der Waals surface area (Å²) >= 11 is 11.4. The Balaban J connectivity index is 0. The van der Waals surface area contributed by atoms with E-state index < -0.39 is 233 Å². The number of carbonyl (C=O) groups is 8. The molecule has 59 heteroatoms. The maximum Gasteiger partial charge on any atom is 0.303 e. The number of esters is 8. The zero-order valence-electron chi connectivity index (χ0n) is 68.0. The molecule has 6 aliphatic heterocycles. The van der Waals surface area contributed by atoms with Crippen LogP contribution in [0, 0.1) is 48.5 Å². The summed E-state index contributed by atoms with van der Waals surface area (Å²) in [6.07, 6.45) is 1.42. The molecule has 6 radical (unpaired) electrons. The number of hydrogen-bond donors (Lipinski definition) is 6. The van der Waals surface area contributed by atoms with Crippen molar-refractivity contribution in [2.24, 2.45) is 33.9 Å². The molecule has 124 heavy (non-hydrogen) atoms. The van der Waals surface area contributed by atoms with E-state index in [2.05, 4.69) is 108 Å². The number of aliphatic hydroxyl groups is 6. The summed E-state index contributed by atoms with van der Waals surface area (Å²) in [4.78, 5) is 100. The van der Waals surface area contributed by atoms with Gasteiger partial charge >= 0.3 is 47.8 Å². The van der Waals surface area contributed by atoms with Gasteiger partial charge in [-0.3, -0.25) is 57.1 Å². The van der Waals surface area contributed by atoms with Crippen molar-refractivity contribution in [3.05, 3.63) is 70.5 Å². The predicted octanol–water partition coefficient (Wildman–Crippen LogP) is 0.0765. The van der Waals surface area contributed by atoms with Gasteiger partial charge in [0.1, 0.15) is 132 Å². The number of aromatic nitrogens is 12. The minimum absolute atomic E-state index is 0. The molecule has 6 saturated heterocycles. The smallest absolute Gasteiger partial charge is 0.303 e. The topological polar surface area (TPSA) is 608 Å². The van der Waals surface area contributed by atoms with Gasteiger partial charge in [-0.2, -0.15) is 13.5 Å². The van der Waals surface area contributed by atoms with Gasteiger partial charge in [0.2, 0.25) is 0 Å². The van der Waals surface area contributed by atoms with Crippen LogP contribution in [-0.2, 0) is 332 Å². The van der Waals surface area contributed by atoms with Crippen LogP contribution in [0.5, 0.6) is 0 Å². The fourth-order valence-corrected chi connectivity index (χ4v) is 17.7. The molecule has 15 unspecified atom stereocenters. The van der Waals surface area contributed by atoms with Gasteiger partial charge in [0.25, 0.3) is 0 Å². The molecule has 46 nitrogen and oxygen atoms in total. The number of rotatable bonds is 26. The van der Waals surface area contributed by atoms with Gasteiger partial charge in [0, 0.05) is 310 Å². The van der Waals surface area contributed by atoms with Crippen molar-refractivity contribution < 1.29 is 332 Å². The standard InChI is InChI=1S/C26H34N6O10S.C22H32N6O10S.C16H22N6O8S.CH4.S3.H2S.6Y/c1-13-19(11-37-15(3)33)41-26(24(40-18(6)36)21(13)31-9-7-27-29-31)43-25-14(2)22(32-10-8-28-30-32)23(39-17(5)35)20(42-25)12-38-16(4)34;1-9-15(7-33-11(3)29)37-22(20(36-14(6)32)17(9)25-27-23)39-21-10(2)18(26-28-24)19(35-13(5)31)16(38-21)8-34-12(4)30;23-5-7-11(25)9(21-3-1-17-19-21)13(27)15(29-7)31-16-14(28)10(22-4-2-18-20-22)12(26)8(6-24)30-16;;1-3-2;;;;;;;/h9-10,13-14,19-26H,11-12H2,1-6H3;9-10,15-22H,7-8H2,1-6H3;3-4,7-16,23-28H,5-6H2;1H4;;1H2;;;;;;/q-2;;-2;;;;;;;;;/t13-,14+,19?,20+,21-,22?,23?,24?,25?,26-;9-,10+,15?,16+,17-,18?,19?,20?,21?,22-;7-,8?,9?,10+,11?,12+,13-,14?,15?,16+;;;;;;;;;/m001........./s1. The minimum atomic E-state index is -1.34. The van der Waals surface area contributed by atoms with Gasteiger partial charge in [0.15, 0.2) is 12.2 Å². The van der Waals surface area contributed by atoms with Gasteiger partial charge in [-0.1, -0.05) is 80.6 Å². The normalized spacial score (nSPS) is 32.3. The number of hydrogen-bond acceptors (Lipinski definition) is 43. The second kappa shape index (κ2) is 62.7. The third-order valence-corrected chi connectivity index (χ3v) is 23.0. The monoisotopic (exact) mass is 2330 g/mol. The van der Waals surface area contributed by atoms with E-state index in [1.165, 1.54) is 111 Å². The van der Waals surface area contributed by atoms with Crippen molar-refractivity contribution >= 4 is 128 Å². The average Bonchev–Trinajstić information content (AvgIpc) is 1.20. The van der Waals surface area contributed by atoms with Crippen molar-refractivity contribution in [2.75, 3.05) is 39.6 Å². The largest absolute Gasteiger partial charge is 0.463 e. The summed E-state index contributed by atoms with van der Waals surface area (Å²) < 4.78 is 85.1. The first-order valence-corrected chi connectivity index (χ1v) is 40.9. The van der Waals surface area contributed by atoms with Crippen LogP contribution in [0.3, 0.4) is 0 Å². The van der Waals surface area contributed by atoms with Gasteiger partial charge < -0.3 is 142 Å². The van der Waals surface area contributed by atoms with Gasteiger partial charge in [0.05, 0.1) is 49.6 Å². The van der Waals surface area contributed by atoms with Gasteiger partial charge in [-0.25, -0.2) is 0 Å². The van der Waals surface area contributed by atoms with E-state index in [0.717, 1.165) is 32.4 Å². The third-order valence-electron chi connectivity index (χ3n) is 18.7. The van der Waals surface area contributed by atoms with E-state index >= 15 is 0 Å². The molecule has 4 aromatic rings. The summed E-state index contributed by atoms with van der Waals surface area (Å²) in [6.45, 7) is 15.3. The molecule has 0 saturated carbocycles. The molecular weight excluding hydrogens is 2240 g/mol. The molecule has 0 aliphatic carbocycles. The molecule has 10 heterocycles. The van der Waals surface area contributed by atoms with E-state index in [4.69, 9.17) is 66.3 Å². The second-order valence-corrected chi connectivity index (χ2v) is 32.0. The summed E-state index contributed by atoms with van der Waals surface area (Å²) in [6, 6.07) is -5.01. The van der Waals surface area contributed by atoms with Gasteiger partial charge in [-0.05, 0) is 17.0 Å². The molecule has 0 spiro atoms. The Labute approximate surface area is 896 Å². The molecule has 6 N–H and O–H groups in total. The molecule has 10 rings (SSSR count). The van der Waals surface area contributed by atoms with E-state index in [1.807, 2.05) is 13.8 Å². The Kier molecular flexibility index (Phi) is 63.3. The van der Waals surface area contributed by atoms with Crippen LogP contribution >= 0.6 is 48.8 Å². The Morgan fingerprint density at radius 1 is 0.395 bits per heavy atom. The molecule has 0 amide bonds. The van der Waals surface area contributed by atoms with Crippen LogP contribution in [0.2, 0.25) is 0 Å². The summed E-state index contributed by atoms with van der Waals surface area (Å²) in [7, 11) is 0.917. The first-order chi connectivity index (χ1) is 55.2. The third kappa shape index (κ3) is 35.8. The number of azide groups is 2. The Morgan fingerprint density at radius 2 is 0.669 bits per heavy atom. The van der Waals surface area contributed by atoms with Crippen LogP contribution < -0.4 is 0 Å². The Bertz CT molecular complexity index is 3930. The maximum atomic E-state index is 12.3. The van der Waals surface area contributed by atoms with Crippen LogP contribution in [0.15, 0.2) is 35.0 Å². The van der Waals surface area contributed by atoms with E-state index in [1.54, 1.807) is 13.8 Å². The quantitative estimate of drug-likeness (QED) is 0.0121. The molecular formula is C65H94N18O28S7Y6-4. The fraction of sp³-hybridized carbons (Fsp3) is 0.754. The van der Waals surface area contributed by atoms with Crippen LogP contribution in [0.25, 0.3) is 20.9 Å². The average molecular weight is 2330 g/mol. The summed E-state index contributed by atoms with van der Waals surface area (Å²) in [5.74, 6) is -6.42. The summed E-state index contributed by atoms with van der Waals surface area (Å²) in [5, 5.41) is 100. The molecule has 0 aromatic carbocycles. The Morgan fingerprint density at radius 3 is 1.01 bits per heavy atom. The predicted molar refractivity (Wildman–Crippen MR) is 415 cm³/mol. The molecule has 30 atom stereocenters. The maximum absolute atomic E-state index is 12.3. The van der Waals surface area contributed by atoms with Crippen molar-refractivity contribution in [3.8, 4) is 0 Å². The number of aliphatic hydroxyl groups excluding tert-OH is 6. The molecule has 4 aromatic heterocycles. The number of nitrogens with zero attached hydrogens (tertiary/aromatic N) is 18. The first-order valence-electron chi connectivity index (χ1n) is 35.4. The number of thioether (sulfide) groups is 3. The van der Waals surface area contributed by atoms with Crippen molar-refractivity contribution in [3.63, 3.8) is 0 Å². The molecule has 676 valence electrons. The molecule has 6 fully saturated rings. The minimum Gasteiger partial charge on any atom is -0.463 e. The van der Waals surface area contributed by atoms with E-state index in [-0.39, 0.29) is 250 Å².